The number of nitrogens with zero attached hydrogens (tertiary/aromatic N) is 5. The molecule has 7 heteroatoms. The Bertz CT molecular complexity index is 1500. The summed E-state index contributed by atoms with van der Waals surface area (Å²) < 4.78 is 2.16. The molecule has 0 bridgehead atoms. The number of aromatic nitrogens is 4. The van der Waals surface area contributed by atoms with Crippen molar-refractivity contribution in [1.29, 1.82) is 0 Å². The van der Waals surface area contributed by atoms with E-state index in [2.05, 4.69) is 96.1 Å². The first kappa shape index (κ1) is 25.7. The summed E-state index contributed by atoms with van der Waals surface area (Å²) in [5.41, 5.74) is 12.1. The van der Waals surface area contributed by atoms with E-state index in [1.165, 1.54) is 0 Å². The Morgan fingerprint density at radius 1 is 1.05 bits per heavy atom. The van der Waals surface area contributed by atoms with Gasteiger partial charge in [-0.3, -0.25) is 9.47 Å². The number of nitrogens with two attached hydrogens (primary N) is 1. The summed E-state index contributed by atoms with van der Waals surface area (Å²) in [6, 6.07) is 9.06. The number of anilines is 1. The second kappa shape index (κ2) is 10.2. The van der Waals surface area contributed by atoms with Crippen LogP contribution < -0.4 is 11.1 Å². The lowest BCUT2D eigenvalue weighted by Gasteiger charge is -2.41. The highest BCUT2D eigenvalue weighted by atomic mass is 15.2. The van der Waals surface area contributed by atoms with Gasteiger partial charge in [-0.05, 0) is 68.5 Å². The minimum Gasteiger partial charge on any atom is -0.383 e. The normalized spacial score (nSPS) is 27.5. The number of piperazine rings is 1. The van der Waals surface area contributed by atoms with Gasteiger partial charge in [0.15, 0.2) is 11.5 Å². The maximum atomic E-state index is 6.35. The highest BCUT2D eigenvalue weighted by Gasteiger charge is 2.30. The maximum Gasteiger partial charge on any atom is 0.165 e. The zero-order valence-corrected chi connectivity index (χ0v) is 23.4. The quantitative estimate of drug-likeness (QED) is 0.458. The van der Waals surface area contributed by atoms with E-state index in [4.69, 9.17) is 15.7 Å². The molecule has 0 saturated carbocycles. The van der Waals surface area contributed by atoms with Gasteiger partial charge in [0, 0.05) is 49.0 Å². The van der Waals surface area contributed by atoms with Gasteiger partial charge in [0.05, 0.1) is 11.3 Å². The second-order valence-corrected chi connectivity index (χ2v) is 12.0. The smallest absolute Gasteiger partial charge is 0.165 e. The summed E-state index contributed by atoms with van der Waals surface area (Å²) in [6.07, 6.45) is 17.4. The fraction of sp³-hybridized carbons (Fsp3) is 0.406. The lowest BCUT2D eigenvalue weighted by molar-refractivity contribution is 0.132. The molecule has 7 nitrogen and oxygen atoms in total. The van der Waals surface area contributed by atoms with Crippen molar-refractivity contribution in [2.75, 3.05) is 25.4 Å². The lowest BCUT2D eigenvalue weighted by atomic mass is 9.82. The van der Waals surface area contributed by atoms with E-state index in [0.29, 0.717) is 23.8 Å². The van der Waals surface area contributed by atoms with Gasteiger partial charge < -0.3 is 11.1 Å². The van der Waals surface area contributed by atoms with Crippen molar-refractivity contribution >= 4 is 28.3 Å². The van der Waals surface area contributed by atoms with Crippen molar-refractivity contribution < 1.29 is 0 Å². The lowest BCUT2D eigenvalue weighted by Crippen LogP contribution is -2.55. The Balaban J connectivity index is 1.38. The predicted molar refractivity (Wildman–Crippen MR) is 161 cm³/mol. The van der Waals surface area contributed by atoms with Crippen molar-refractivity contribution in [2.24, 2.45) is 11.3 Å². The molecule has 0 spiro atoms. The molecule has 1 fully saturated rings. The molecule has 6 rings (SSSR count). The first-order valence-electron chi connectivity index (χ1n) is 14.2. The summed E-state index contributed by atoms with van der Waals surface area (Å²) in [6.45, 7) is 12.3. The Hall–Kier alpha value is -3.55. The van der Waals surface area contributed by atoms with E-state index in [9.17, 15) is 0 Å². The number of hydrogen-bond donors (Lipinski definition) is 2. The zero-order chi connectivity index (χ0) is 27.1. The molecule has 39 heavy (non-hydrogen) atoms. The molecule has 0 amide bonds. The van der Waals surface area contributed by atoms with Gasteiger partial charge in [-0.1, -0.05) is 44.2 Å². The van der Waals surface area contributed by atoms with Crippen LogP contribution in [0.2, 0.25) is 0 Å². The molecule has 0 radical (unpaired) electrons. The van der Waals surface area contributed by atoms with Crippen LogP contribution in [0, 0.1) is 11.3 Å². The van der Waals surface area contributed by atoms with Crippen LogP contribution in [0.3, 0.4) is 0 Å². The number of allylic oxidation sites excluding steroid dienone is 7. The van der Waals surface area contributed by atoms with Gasteiger partial charge in [-0.15, -0.1) is 0 Å². The van der Waals surface area contributed by atoms with Crippen LogP contribution >= 0.6 is 0 Å². The third kappa shape index (κ3) is 5.21. The molecule has 4 unspecified atom stereocenters. The minimum absolute atomic E-state index is 0.0666. The third-order valence-corrected chi connectivity index (χ3v) is 8.10. The van der Waals surface area contributed by atoms with Crippen LogP contribution in [-0.4, -0.2) is 56.1 Å². The molecule has 2 aliphatic carbocycles. The first-order chi connectivity index (χ1) is 18.8. The van der Waals surface area contributed by atoms with Gasteiger partial charge in [-0.2, -0.15) is 0 Å². The summed E-state index contributed by atoms with van der Waals surface area (Å²) in [5, 5.41) is 3.65. The molecular weight excluding hydrogens is 482 g/mol. The average Bonchev–Trinajstić information content (AvgIpc) is 3.27. The van der Waals surface area contributed by atoms with E-state index in [-0.39, 0.29) is 5.41 Å². The van der Waals surface area contributed by atoms with Crippen LogP contribution in [0.4, 0.5) is 5.82 Å². The Labute approximate surface area is 231 Å². The van der Waals surface area contributed by atoms with Crippen molar-refractivity contribution in [3.8, 4) is 11.4 Å². The third-order valence-electron chi connectivity index (χ3n) is 8.10. The highest BCUT2D eigenvalue weighted by molar-refractivity contribution is 5.88. The molecule has 0 aromatic carbocycles. The topological polar surface area (TPSA) is 84.9 Å². The molecule has 1 aliphatic heterocycles. The number of hydrogen-bond acceptors (Lipinski definition) is 6. The predicted octanol–water partition coefficient (Wildman–Crippen LogP) is 5.54. The summed E-state index contributed by atoms with van der Waals surface area (Å²) in [5.74, 6) is 1.79. The van der Waals surface area contributed by atoms with Crippen molar-refractivity contribution in [1.82, 2.24) is 29.7 Å². The summed E-state index contributed by atoms with van der Waals surface area (Å²) in [4.78, 5) is 17.1. The molecule has 1 saturated heterocycles. The molecule has 3 N–H and O–H groups in total. The van der Waals surface area contributed by atoms with E-state index in [1.807, 2.05) is 12.1 Å². The number of rotatable bonds is 5. The van der Waals surface area contributed by atoms with Crippen LogP contribution in [-0.2, 0) is 0 Å². The highest BCUT2D eigenvalue weighted by Crippen LogP contribution is 2.37. The van der Waals surface area contributed by atoms with Gasteiger partial charge in [0.25, 0.3) is 0 Å². The molecule has 4 atom stereocenters. The van der Waals surface area contributed by atoms with Crippen molar-refractivity contribution in [2.45, 2.75) is 52.6 Å². The summed E-state index contributed by atoms with van der Waals surface area (Å²) in [7, 11) is 0. The van der Waals surface area contributed by atoms with Crippen LogP contribution in [0.25, 0.3) is 33.8 Å². The van der Waals surface area contributed by atoms with Crippen molar-refractivity contribution in [3.05, 3.63) is 72.6 Å². The SMILES string of the molecule is CC1C=CC(c2ccc3nc(-c4cccnc4N)n(C4=CCC(C)(CN5CC(C)NC(C)C5)C=C4)c3n2)=CC1. The number of imidazole rings is 1. The molecule has 3 aromatic rings. The van der Waals surface area contributed by atoms with Crippen molar-refractivity contribution in [3.63, 3.8) is 0 Å². The maximum absolute atomic E-state index is 6.35. The molecular formula is C32H39N7. The van der Waals surface area contributed by atoms with E-state index in [1.54, 1.807) is 6.20 Å². The largest absolute Gasteiger partial charge is 0.383 e. The fourth-order valence-electron chi connectivity index (χ4n) is 6.19. The second-order valence-electron chi connectivity index (χ2n) is 12.0. The van der Waals surface area contributed by atoms with E-state index in [0.717, 1.165) is 72.0 Å². The first-order valence-corrected chi connectivity index (χ1v) is 14.2. The Morgan fingerprint density at radius 2 is 1.87 bits per heavy atom. The molecule has 3 aromatic heterocycles. The Morgan fingerprint density at radius 3 is 2.56 bits per heavy atom. The van der Waals surface area contributed by atoms with Gasteiger partial charge in [0.1, 0.15) is 11.3 Å². The van der Waals surface area contributed by atoms with Crippen LogP contribution in [0.5, 0.6) is 0 Å². The standard InChI is InChI=1S/C32H39N7/c1-21-7-9-24(10-8-21)27-11-12-28-31(36-27)39(30(37-28)26-6-5-17-34-29(26)33)25-13-15-32(4,16-14-25)20-38-18-22(2)35-23(3)19-38/h5-7,9-15,17,21-23,35H,8,16,18-20H2,1-4H3,(H2,33,34). The number of fused-ring (bicyclic) bond motifs is 1. The minimum atomic E-state index is 0.0666. The number of nitrogens with one attached hydrogen (secondary N) is 1. The van der Waals surface area contributed by atoms with Gasteiger partial charge >= 0.3 is 0 Å². The molecule has 3 aliphatic rings. The van der Waals surface area contributed by atoms with Crippen LogP contribution in [0.1, 0.15) is 46.2 Å². The van der Waals surface area contributed by atoms with E-state index >= 15 is 0 Å². The zero-order valence-electron chi connectivity index (χ0n) is 23.4. The summed E-state index contributed by atoms with van der Waals surface area (Å²) >= 11 is 0. The average molecular weight is 522 g/mol. The molecule has 202 valence electrons. The fourth-order valence-corrected chi connectivity index (χ4v) is 6.19. The van der Waals surface area contributed by atoms with E-state index < -0.39 is 0 Å². The monoisotopic (exact) mass is 521 g/mol. The number of pyridine rings is 2. The molecule has 4 heterocycles. The van der Waals surface area contributed by atoms with Gasteiger partial charge in [0.2, 0.25) is 0 Å². The Kier molecular flexibility index (Phi) is 6.73. The number of nitrogen functional groups attached to an aromatic ring is 1. The van der Waals surface area contributed by atoms with Crippen LogP contribution in [0.15, 0.2) is 66.9 Å². The van der Waals surface area contributed by atoms with Gasteiger partial charge in [-0.25, -0.2) is 15.0 Å².